The second-order valence-electron chi connectivity index (χ2n) is 13.6. The first-order valence-electron chi connectivity index (χ1n) is 18.0. The fraction of sp³-hybridized carbons (Fsp3) is 0.238. The molecule has 0 spiro atoms. The third-order valence-electron chi connectivity index (χ3n) is 9.62. The van der Waals surface area contributed by atoms with Gasteiger partial charge >= 0.3 is 5.97 Å². The Hall–Kier alpha value is -6.60. The number of carbonyl (C=O) groups is 2. The standard InChI is InChI=1S/C21H18N2O4.C11H7NO5.C10H13N/c24-21(23-11-15(12-23)8-14-4-2-1-3-5-14)17-10-19(27-22-17)16-6-7-18-20(9-16)26-13-25-18;13-11(14)7-4-9(17-12-7)6-1-2-8-10(3-6)16-5-15-8;1-2-4-9(5-3-1)6-10-7-11-8-10/h1-7,9-10,15H,8,11-13H2;1-4H,5H2,(H,13,14);1-5,10-11H,6-8H2. The van der Waals surface area contributed by atoms with Crippen molar-refractivity contribution in [2.45, 2.75) is 12.8 Å². The Morgan fingerprint density at radius 1 is 0.618 bits per heavy atom. The monoisotopic (exact) mass is 742 g/mol. The zero-order valence-electron chi connectivity index (χ0n) is 29.8. The number of nitrogens with one attached hydrogen (secondary N) is 1. The Morgan fingerprint density at radius 3 is 1.60 bits per heavy atom. The summed E-state index contributed by atoms with van der Waals surface area (Å²) < 4.78 is 31.4. The lowest BCUT2D eigenvalue weighted by molar-refractivity contribution is 0.0490. The number of rotatable bonds is 8. The molecule has 0 unspecified atom stereocenters. The van der Waals surface area contributed by atoms with Crippen molar-refractivity contribution < 1.29 is 42.7 Å². The van der Waals surface area contributed by atoms with Crippen molar-refractivity contribution in [3.63, 3.8) is 0 Å². The fourth-order valence-electron chi connectivity index (χ4n) is 6.54. The lowest BCUT2D eigenvalue weighted by Crippen LogP contribution is -2.50. The van der Waals surface area contributed by atoms with E-state index < -0.39 is 5.97 Å². The van der Waals surface area contributed by atoms with Crippen molar-refractivity contribution in [1.29, 1.82) is 0 Å². The van der Waals surface area contributed by atoms with Crippen LogP contribution in [-0.4, -0.2) is 72.0 Å². The van der Waals surface area contributed by atoms with Gasteiger partial charge in [0.25, 0.3) is 5.91 Å². The van der Waals surface area contributed by atoms with E-state index in [0.717, 1.165) is 31.0 Å². The number of carboxylic acid groups (broad SMARTS) is 1. The summed E-state index contributed by atoms with van der Waals surface area (Å²) in [5, 5.41) is 19.4. The van der Waals surface area contributed by atoms with Crippen LogP contribution in [0, 0.1) is 11.8 Å². The van der Waals surface area contributed by atoms with Crippen LogP contribution < -0.4 is 24.3 Å². The smallest absolute Gasteiger partial charge is 0.358 e. The van der Waals surface area contributed by atoms with E-state index >= 15 is 0 Å². The number of fused-ring (bicyclic) bond motifs is 2. The highest BCUT2D eigenvalue weighted by Gasteiger charge is 2.33. The molecule has 0 aliphatic carbocycles. The average Bonchev–Trinajstić information content (AvgIpc) is 4.02. The normalized spacial score (nSPS) is 15.2. The van der Waals surface area contributed by atoms with E-state index in [-0.39, 0.29) is 25.2 Å². The van der Waals surface area contributed by atoms with Gasteiger partial charge in [0.1, 0.15) is 0 Å². The zero-order chi connectivity index (χ0) is 37.6. The van der Waals surface area contributed by atoms with Crippen LogP contribution in [0.2, 0.25) is 0 Å². The third kappa shape index (κ3) is 8.47. The lowest BCUT2D eigenvalue weighted by Gasteiger charge is -2.38. The molecule has 0 atom stereocenters. The molecule has 2 fully saturated rings. The molecule has 2 aromatic heterocycles. The van der Waals surface area contributed by atoms with E-state index in [4.69, 9.17) is 33.1 Å². The predicted molar refractivity (Wildman–Crippen MR) is 199 cm³/mol. The van der Waals surface area contributed by atoms with E-state index in [1.54, 1.807) is 24.3 Å². The number of hydrogen-bond acceptors (Lipinski definition) is 11. The lowest BCUT2D eigenvalue weighted by atomic mass is 9.92. The van der Waals surface area contributed by atoms with E-state index in [0.29, 0.717) is 51.7 Å². The first-order chi connectivity index (χ1) is 26.9. The van der Waals surface area contributed by atoms with Crippen molar-refractivity contribution in [2.75, 3.05) is 39.8 Å². The maximum absolute atomic E-state index is 12.6. The number of carboxylic acids is 1. The van der Waals surface area contributed by atoms with Crippen LogP contribution in [0.25, 0.3) is 22.6 Å². The predicted octanol–water partition coefficient (Wildman–Crippen LogP) is 6.60. The van der Waals surface area contributed by atoms with Gasteiger partial charge in [-0.25, -0.2) is 4.79 Å². The molecule has 0 saturated carbocycles. The summed E-state index contributed by atoms with van der Waals surface area (Å²) in [6, 6.07) is 34.8. The topological polar surface area (TPSA) is 159 Å². The second-order valence-corrected chi connectivity index (χ2v) is 13.6. The van der Waals surface area contributed by atoms with Crippen LogP contribution in [0.3, 0.4) is 0 Å². The molecule has 2 N–H and O–H groups in total. The van der Waals surface area contributed by atoms with Gasteiger partial charge in [-0.15, -0.1) is 0 Å². The molecule has 1 amide bonds. The summed E-state index contributed by atoms with van der Waals surface area (Å²) in [7, 11) is 0. The summed E-state index contributed by atoms with van der Waals surface area (Å²) in [5.74, 6) is 3.73. The maximum Gasteiger partial charge on any atom is 0.358 e. The van der Waals surface area contributed by atoms with Gasteiger partial charge in [0.2, 0.25) is 13.6 Å². The van der Waals surface area contributed by atoms with Crippen molar-refractivity contribution >= 4 is 11.9 Å². The first-order valence-corrected chi connectivity index (χ1v) is 18.0. The van der Waals surface area contributed by atoms with Crippen molar-refractivity contribution in [1.82, 2.24) is 20.5 Å². The minimum absolute atomic E-state index is 0.0879. The van der Waals surface area contributed by atoms with E-state index in [1.807, 2.05) is 41.3 Å². The molecule has 280 valence electrons. The first kappa shape index (κ1) is 35.4. The molecule has 13 nitrogen and oxygen atoms in total. The Labute approximate surface area is 316 Å². The number of nitrogens with zero attached hydrogens (tertiary/aromatic N) is 3. The molecule has 0 radical (unpaired) electrons. The molecule has 13 heteroatoms. The Bertz CT molecular complexity index is 2250. The summed E-state index contributed by atoms with van der Waals surface area (Å²) >= 11 is 0. The summed E-state index contributed by atoms with van der Waals surface area (Å²) in [6.45, 7) is 4.32. The minimum Gasteiger partial charge on any atom is -0.476 e. The molecule has 4 aliphatic heterocycles. The van der Waals surface area contributed by atoms with Gasteiger partial charge in [-0.2, -0.15) is 0 Å². The molecule has 6 aromatic rings. The number of carbonyl (C=O) groups excluding carboxylic acids is 1. The number of aromatic carboxylic acids is 1. The molecule has 2 saturated heterocycles. The highest BCUT2D eigenvalue weighted by molar-refractivity contribution is 5.93. The molecule has 6 heterocycles. The zero-order valence-corrected chi connectivity index (χ0v) is 29.8. The van der Waals surface area contributed by atoms with Crippen LogP contribution in [0.4, 0.5) is 0 Å². The Balaban J connectivity index is 0.000000130. The van der Waals surface area contributed by atoms with Gasteiger partial charge < -0.3 is 43.3 Å². The molecule has 55 heavy (non-hydrogen) atoms. The fourth-order valence-corrected chi connectivity index (χ4v) is 6.54. The summed E-state index contributed by atoms with van der Waals surface area (Å²) in [5.41, 5.74) is 4.48. The van der Waals surface area contributed by atoms with Crippen molar-refractivity contribution in [2.24, 2.45) is 11.8 Å². The molecule has 0 bridgehead atoms. The third-order valence-corrected chi connectivity index (χ3v) is 9.62. The molecule has 4 aliphatic rings. The second kappa shape index (κ2) is 16.2. The van der Waals surface area contributed by atoms with Gasteiger partial charge in [-0.1, -0.05) is 71.0 Å². The van der Waals surface area contributed by atoms with Crippen LogP contribution in [0.1, 0.15) is 32.1 Å². The van der Waals surface area contributed by atoms with E-state index in [9.17, 15) is 9.59 Å². The minimum atomic E-state index is -1.12. The maximum atomic E-state index is 12.6. The SMILES string of the molecule is O=C(O)c1cc(-c2ccc3c(c2)OCO3)on1.O=C(c1cc(-c2ccc3c(c2)OCO3)on1)N1CC(Cc2ccccc2)C1.c1ccc(CC2CNC2)cc1. The number of ether oxygens (including phenoxy) is 4. The molecule has 4 aromatic carbocycles. The van der Waals surface area contributed by atoms with E-state index in [2.05, 4.69) is 58.1 Å². The summed E-state index contributed by atoms with van der Waals surface area (Å²) in [4.78, 5) is 25.1. The van der Waals surface area contributed by atoms with Crippen LogP contribution in [0.5, 0.6) is 23.0 Å². The number of aromatic nitrogens is 2. The quantitative estimate of drug-likeness (QED) is 0.172. The Morgan fingerprint density at radius 2 is 1.11 bits per heavy atom. The molecular formula is C42H38N4O9. The van der Waals surface area contributed by atoms with Crippen LogP contribution in [0.15, 0.2) is 118 Å². The van der Waals surface area contributed by atoms with Gasteiger partial charge in [-0.3, -0.25) is 4.79 Å². The van der Waals surface area contributed by atoms with Crippen molar-refractivity contribution in [3.05, 3.63) is 132 Å². The number of amides is 1. The van der Waals surface area contributed by atoms with Crippen LogP contribution in [-0.2, 0) is 12.8 Å². The van der Waals surface area contributed by atoms with Gasteiger partial charge in [0.05, 0.1) is 0 Å². The highest BCUT2D eigenvalue weighted by Crippen LogP contribution is 2.37. The highest BCUT2D eigenvalue weighted by atomic mass is 16.7. The van der Waals surface area contributed by atoms with Gasteiger partial charge in [0, 0.05) is 36.3 Å². The van der Waals surface area contributed by atoms with Crippen molar-refractivity contribution in [3.8, 4) is 45.6 Å². The largest absolute Gasteiger partial charge is 0.476 e. The average molecular weight is 743 g/mol. The van der Waals surface area contributed by atoms with Gasteiger partial charge in [-0.05, 0) is 85.3 Å². The number of likely N-dealkylation sites (tertiary alicyclic amines) is 1. The summed E-state index contributed by atoms with van der Waals surface area (Å²) in [6.07, 6.45) is 2.24. The number of hydrogen-bond donors (Lipinski definition) is 2. The number of benzene rings is 4. The van der Waals surface area contributed by atoms with E-state index in [1.165, 1.54) is 36.7 Å². The van der Waals surface area contributed by atoms with Gasteiger partial charge in [0.15, 0.2) is 45.9 Å². The van der Waals surface area contributed by atoms with Crippen LogP contribution >= 0.6 is 0 Å². The molecule has 10 rings (SSSR count). The Kier molecular flexibility index (Phi) is 10.4. The molecular weight excluding hydrogens is 704 g/mol.